The zero-order chi connectivity index (χ0) is 13.1. The van der Waals surface area contributed by atoms with E-state index in [9.17, 15) is 0 Å². The summed E-state index contributed by atoms with van der Waals surface area (Å²) >= 11 is 0. The molecule has 0 aliphatic carbocycles. The van der Waals surface area contributed by atoms with Crippen LogP contribution >= 0.6 is 0 Å². The number of nitrogens with two attached hydrogens (primary N) is 1. The molecule has 3 heteroatoms. The molecule has 1 aliphatic rings. The molecule has 1 fully saturated rings. The number of benzene rings is 1. The molecule has 0 saturated carbocycles. The highest BCUT2D eigenvalue weighted by atomic mass is 16.5. The fraction of sp³-hybridized carbons (Fsp3) is 0.600. The van der Waals surface area contributed by atoms with Crippen molar-refractivity contribution >= 4 is 0 Å². The standard InChI is InChI=1S/C15H24N2O/c1-11(2)17-10-6-8-13(16)15(17)12-7-4-5-9-14(12)18-3/h4-5,7,9,11,13,15H,6,8,10,16H2,1-3H3. The molecule has 0 aromatic heterocycles. The average Bonchev–Trinajstić information content (AvgIpc) is 2.38. The van der Waals surface area contributed by atoms with Gasteiger partial charge in [-0.25, -0.2) is 0 Å². The Hall–Kier alpha value is -1.06. The van der Waals surface area contributed by atoms with Gasteiger partial charge in [-0.15, -0.1) is 0 Å². The van der Waals surface area contributed by atoms with E-state index in [1.165, 1.54) is 12.0 Å². The third-order valence-electron chi connectivity index (χ3n) is 3.84. The highest BCUT2D eigenvalue weighted by molar-refractivity contribution is 5.37. The Morgan fingerprint density at radius 3 is 2.72 bits per heavy atom. The van der Waals surface area contributed by atoms with Gasteiger partial charge in [0, 0.05) is 17.6 Å². The lowest BCUT2D eigenvalue weighted by Gasteiger charge is -2.42. The highest BCUT2D eigenvalue weighted by Crippen LogP contribution is 2.36. The van der Waals surface area contributed by atoms with Crippen molar-refractivity contribution in [1.29, 1.82) is 0 Å². The van der Waals surface area contributed by atoms with E-state index in [1.54, 1.807) is 7.11 Å². The van der Waals surface area contributed by atoms with E-state index in [2.05, 4.69) is 30.9 Å². The molecule has 1 heterocycles. The lowest BCUT2D eigenvalue weighted by atomic mass is 9.89. The molecule has 18 heavy (non-hydrogen) atoms. The van der Waals surface area contributed by atoms with Gasteiger partial charge >= 0.3 is 0 Å². The maximum atomic E-state index is 6.37. The molecule has 2 N–H and O–H groups in total. The van der Waals surface area contributed by atoms with Crippen molar-refractivity contribution in [3.8, 4) is 5.75 Å². The third-order valence-corrected chi connectivity index (χ3v) is 3.84. The number of hydrogen-bond donors (Lipinski definition) is 1. The number of methoxy groups -OCH3 is 1. The van der Waals surface area contributed by atoms with Crippen LogP contribution in [-0.4, -0.2) is 30.6 Å². The van der Waals surface area contributed by atoms with Crippen LogP contribution in [0.3, 0.4) is 0 Å². The van der Waals surface area contributed by atoms with Gasteiger partial charge in [0.2, 0.25) is 0 Å². The molecule has 1 aromatic rings. The first-order valence-corrected chi connectivity index (χ1v) is 6.79. The molecular formula is C15H24N2O. The van der Waals surface area contributed by atoms with Crippen LogP contribution in [0.1, 0.15) is 38.3 Å². The first kappa shape index (κ1) is 13.4. The van der Waals surface area contributed by atoms with E-state index in [4.69, 9.17) is 10.5 Å². The number of rotatable bonds is 3. The van der Waals surface area contributed by atoms with Crippen molar-refractivity contribution in [2.45, 2.75) is 44.8 Å². The maximum absolute atomic E-state index is 6.37. The SMILES string of the molecule is COc1ccccc1C1C(N)CCCN1C(C)C. The second kappa shape index (κ2) is 5.72. The Balaban J connectivity index is 2.37. The van der Waals surface area contributed by atoms with E-state index in [0.717, 1.165) is 18.7 Å². The minimum absolute atomic E-state index is 0.192. The smallest absolute Gasteiger partial charge is 0.123 e. The molecule has 0 bridgehead atoms. The molecule has 0 spiro atoms. The number of nitrogens with zero attached hydrogens (tertiary/aromatic N) is 1. The summed E-state index contributed by atoms with van der Waals surface area (Å²) in [7, 11) is 1.73. The van der Waals surface area contributed by atoms with Crippen LogP contribution < -0.4 is 10.5 Å². The molecule has 2 rings (SSSR count). The van der Waals surface area contributed by atoms with Gasteiger partial charge in [0.1, 0.15) is 5.75 Å². The van der Waals surface area contributed by atoms with Crippen molar-refractivity contribution in [2.24, 2.45) is 5.73 Å². The molecular weight excluding hydrogens is 224 g/mol. The van der Waals surface area contributed by atoms with Crippen molar-refractivity contribution in [3.63, 3.8) is 0 Å². The number of para-hydroxylation sites is 1. The van der Waals surface area contributed by atoms with Crippen LogP contribution in [0.4, 0.5) is 0 Å². The fourth-order valence-corrected chi connectivity index (χ4v) is 2.95. The summed E-state index contributed by atoms with van der Waals surface area (Å²) in [6.07, 6.45) is 2.27. The van der Waals surface area contributed by atoms with E-state index < -0.39 is 0 Å². The average molecular weight is 248 g/mol. The quantitative estimate of drug-likeness (QED) is 0.893. The highest BCUT2D eigenvalue weighted by Gasteiger charge is 2.33. The van der Waals surface area contributed by atoms with Gasteiger partial charge in [0.05, 0.1) is 13.2 Å². The van der Waals surface area contributed by atoms with Crippen LogP contribution in [0.2, 0.25) is 0 Å². The number of likely N-dealkylation sites (tertiary alicyclic amines) is 1. The van der Waals surface area contributed by atoms with Crippen LogP contribution in [0.15, 0.2) is 24.3 Å². The molecule has 2 unspecified atom stereocenters. The topological polar surface area (TPSA) is 38.5 Å². The summed E-state index contributed by atoms with van der Waals surface area (Å²) in [5, 5.41) is 0. The van der Waals surface area contributed by atoms with Crippen molar-refractivity contribution < 1.29 is 4.74 Å². The van der Waals surface area contributed by atoms with E-state index in [1.807, 2.05) is 12.1 Å². The molecule has 3 nitrogen and oxygen atoms in total. The lowest BCUT2D eigenvalue weighted by Crippen LogP contribution is -2.48. The Morgan fingerprint density at radius 2 is 2.06 bits per heavy atom. The summed E-state index contributed by atoms with van der Waals surface area (Å²) in [5.74, 6) is 0.950. The maximum Gasteiger partial charge on any atom is 0.123 e. The monoisotopic (exact) mass is 248 g/mol. The third kappa shape index (κ3) is 2.52. The van der Waals surface area contributed by atoms with Crippen LogP contribution in [-0.2, 0) is 0 Å². The minimum atomic E-state index is 0.192. The zero-order valence-electron chi connectivity index (χ0n) is 11.6. The summed E-state index contributed by atoms with van der Waals surface area (Å²) in [6.45, 7) is 5.59. The van der Waals surface area contributed by atoms with Gasteiger partial charge in [-0.3, -0.25) is 4.90 Å². The summed E-state index contributed by atoms with van der Waals surface area (Å²) in [4.78, 5) is 2.49. The summed E-state index contributed by atoms with van der Waals surface area (Å²) < 4.78 is 5.49. The Bertz CT molecular complexity index is 392. The molecule has 100 valence electrons. The van der Waals surface area contributed by atoms with Crippen molar-refractivity contribution in [2.75, 3.05) is 13.7 Å². The Morgan fingerprint density at radius 1 is 1.33 bits per heavy atom. The van der Waals surface area contributed by atoms with Gasteiger partial charge in [0.15, 0.2) is 0 Å². The van der Waals surface area contributed by atoms with E-state index in [0.29, 0.717) is 6.04 Å². The second-order valence-corrected chi connectivity index (χ2v) is 5.32. The molecule has 0 amide bonds. The van der Waals surface area contributed by atoms with E-state index in [-0.39, 0.29) is 12.1 Å². The predicted molar refractivity (Wildman–Crippen MR) is 74.8 cm³/mol. The first-order valence-electron chi connectivity index (χ1n) is 6.79. The first-order chi connectivity index (χ1) is 8.65. The van der Waals surface area contributed by atoms with Crippen LogP contribution in [0.25, 0.3) is 0 Å². The molecule has 1 saturated heterocycles. The van der Waals surface area contributed by atoms with Gasteiger partial charge in [-0.2, -0.15) is 0 Å². The fourth-order valence-electron chi connectivity index (χ4n) is 2.95. The second-order valence-electron chi connectivity index (χ2n) is 5.32. The predicted octanol–water partition coefficient (Wildman–Crippen LogP) is 2.57. The number of piperidine rings is 1. The lowest BCUT2D eigenvalue weighted by molar-refractivity contribution is 0.0928. The largest absolute Gasteiger partial charge is 0.496 e. The summed E-state index contributed by atoms with van der Waals surface area (Å²) in [6, 6.07) is 9.21. The van der Waals surface area contributed by atoms with Gasteiger partial charge in [0.25, 0.3) is 0 Å². The van der Waals surface area contributed by atoms with Crippen molar-refractivity contribution in [1.82, 2.24) is 4.90 Å². The Labute approximate surface area is 110 Å². The summed E-state index contributed by atoms with van der Waals surface area (Å²) in [5.41, 5.74) is 7.59. The molecule has 1 aromatic carbocycles. The molecule has 0 radical (unpaired) electrons. The number of hydrogen-bond acceptors (Lipinski definition) is 3. The van der Waals surface area contributed by atoms with Gasteiger partial charge in [-0.05, 0) is 39.3 Å². The van der Waals surface area contributed by atoms with Gasteiger partial charge in [-0.1, -0.05) is 18.2 Å². The zero-order valence-corrected chi connectivity index (χ0v) is 11.6. The molecule has 1 aliphatic heterocycles. The normalized spacial score (nSPS) is 25.4. The minimum Gasteiger partial charge on any atom is -0.496 e. The van der Waals surface area contributed by atoms with E-state index >= 15 is 0 Å². The van der Waals surface area contributed by atoms with Crippen molar-refractivity contribution in [3.05, 3.63) is 29.8 Å². The Kier molecular flexibility index (Phi) is 4.25. The van der Waals surface area contributed by atoms with Crippen LogP contribution in [0.5, 0.6) is 5.75 Å². The number of ether oxygens (including phenoxy) is 1. The van der Waals surface area contributed by atoms with Gasteiger partial charge < -0.3 is 10.5 Å². The van der Waals surface area contributed by atoms with Crippen LogP contribution in [0, 0.1) is 0 Å². The molecule has 2 atom stereocenters.